The van der Waals surface area contributed by atoms with Crippen molar-refractivity contribution in [1.82, 2.24) is 5.32 Å². The van der Waals surface area contributed by atoms with Crippen molar-refractivity contribution in [3.63, 3.8) is 0 Å². The Morgan fingerprint density at radius 2 is 2.15 bits per heavy atom. The van der Waals surface area contributed by atoms with Gasteiger partial charge in [-0.05, 0) is 62.6 Å². The first-order valence-electron chi connectivity index (χ1n) is 8.24. The van der Waals surface area contributed by atoms with E-state index in [4.69, 9.17) is 4.74 Å². The van der Waals surface area contributed by atoms with Gasteiger partial charge in [0.2, 0.25) is 0 Å². The zero-order valence-electron chi connectivity index (χ0n) is 12.8. The molecule has 0 aromatic heterocycles. The van der Waals surface area contributed by atoms with Gasteiger partial charge in [0, 0.05) is 6.04 Å². The summed E-state index contributed by atoms with van der Waals surface area (Å²) in [6, 6.07) is 9.43. The zero-order chi connectivity index (χ0) is 13.9. The molecule has 3 rings (SSSR count). The van der Waals surface area contributed by atoms with E-state index in [1.807, 2.05) is 0 Å². The number of benzene rings is 1. The fourth-order valence-corrected chi connectivity index (χ4v) is 3.71. The average Bonchev–Trinajstić information content (AvgIpc) is 2.86. The molecule has 1 aliphatic carbocycles. The SMILES string of the molecule is CCCNC(CC1Cc2ccccc21)C1CCC(C)O1. The van der Waals surface area contributed by atoms with E-state index in [2.05, 4.69) is 43.4 Å². The van der Waals surface area contributed by atoms with Gasteiger partial charge in [0.15, 0.2) is 0 Å². The maximum Gasteiger partial charge on any atom is 0.0732 e. The molecule has 0 amide bonds. The second kappa shape index (κ2) is 6.28. The second-order valence-electron chi connectivity index (χ2n) is 6.46. The molecule has 2 aliphatic rings. The van der Waals surface area contributed by atoms with Crippen molar-refractivity contribution in [3.8, 4) is 0 Å². The van der Waals surface area contributed by atoms with Crippen LogP contribution in [0.1, 0.15) is 56.6 Å². The van der Waals surface area contributed by atoms with E-state index in [9.17, 15) is 0 Å². The normalized spacial score (nSPS) is 29.8. The lowest BCUT2D eigenvalue weighted by molar-refractivity contribution is 0.0279. The number of ether oxygens (including phenoxy) is 1. The van der Waals surface area contributed by atoms with Crippen molar-refractivity contribution in [2.24, 2.45) is 0 Å². The van der Waals surface area contributed by atoms with Gasteiger partial charge in [-0.2, -0.15) is 0 Å². The topological polar surface area (TPSA) is 21.3 Å². The lowest BCUT2D eigenvalue weighted by atomic mass is 9.74. The second-order valence-corrected chi connectivity index (χ2v) is 6.46. The molecule has 1 fully saturated rings. The Bertz CT molecular complexity index is 445. The molecule has 20 heavy (non-hydrogen) atoms. The van der Waals surface area contributed by atoms with Crippen molar-refractivity contribution < 1.29 is 4.74 Å². The van der Waals surface area contributed by atoms with Crippen LogP contribution in [0.25, 0.3) is 0 Å². The van der Waals surface area contributed by atoms with Crippen LogP contribution in [0.2, 0.25) is 0 Å². The first-order valence-corrected chi connectivity index (χ1v) is 8.24. The van der Waals surface area contributed by atoms with E-state index < -0.39 is 0 Å². The summed E-state index contributed by atoms with van der Waals surface area (Å²) in [4.78, 5) is 0. The van der Waals surface area contributed by atoms with Crippen LogP contribution >= 0.6 is 0 Å². The largest absolute Gasteiger partial charge is 0.374 e. The van der Waals surface area contributed by atoms with E-state index in [0.29, 0.717) is 18.2 Å². The summed E-state index contributed by atoms with van der Waals surface area (Å²) in [6.07, 6.45) is 6.98. The zero-order valence-corrected chi connectivity index (χ0v) is 12.8. The third-order valence-corrected chi connectivity index (χ3v) is 4.87. The molecule has 2 heteroatoms. The molecule has 1 N–H and O–H groups in total. The molecule has 1 aliphatic heterocycles. The minimum atomic E-state index is 0.421. The number of hydrogen-bond donors (Lipinski definition) is 1. The highest BCUT2D eigenvalue weighted by molar-refractivity contribution is 5.40. The Labute approximate surface area is 122 Å². The molecular weight excluding hydrogens is 246 g/mol. The van der Waals surface area contributed by atoms with Gasteiger partial charge in [0.05, 0.1) is 12.2 Å². The summed E-state index contributed by atoms with van der Waals surface area (Å²) in [5.74, 6) is 0.736. The van der Waals surface area contributed by atoms with Gasteiger partial charge in [0.25, 0.3) is 0 Å². The molecule has 4 atom stereocenters. The smallest absolute Gasteiger partial charge is 0.0732 e. The molecule has 1 aromatic carbocycles. The molecule has 0 bridgehead atoms. The Kier molecular flexibility index (Phi) is 4.42. The van der Waals surface area contributed by atoms with Gasteiger partial charge in [-0.3, -0.25) is 0 Å². The third kappa shape index (κ3) is 2.91. The van der Waals surface area contributed by atoms with Crippen LogP contribution in [0.5, 0.6) is 0 Å². The highest BCUT2D eigenvalue weighted by Gasteiger charge is 2.34. The van der Waals surface area contributed by atoms with E-state index in [1.165, 1.54) is 32.1 Å². The van der Waals surface area contributed by atoms with Gasteiger partial charge in [0.1, 0.15) is 0 Å². The summed E-state index contributed by atoms with van der Waals surface area (Å²) >= 11 is 0. The summed E-state index contributed by atoms with van der Waals surface area (Å²) in [7, 11) is 0. The predicted octanol–water partition coefficient (Wildman–Crippen LogP) is 3.65. The molecule has 1 aromatic rings. The standard InChI is InChI=1S/C18H27NO/c1-3-10-19-17(18-9-8-13(2)20-18)12-15-11-14-6-4-5-7-16(14)15/h4-7,13,15,17-19H,3,8-12H2,1-2H3. The molecule has 2 nitrogen and oxygen atoms in total. The van der Waals surface area contributed by atoms with Crippen molar-refractivity contribution in [3.05, 3.63) is 35.4 Å². The van der Waals surface area contributed by atoms with Gasteiger partial charge in [-0.1, -0.05) is 31.2 Å². The molecule has 0 spiro atoms. The van der Waals surface area contributed by atoms with Crippen molar-refractivity contribution in [2.45, 2.75) is 70.1 Å². The van der Waals surface area contributed by atoms with E-state index in [-0.39, 0.29) is 0 Å². The predicted molar refractivity (Wildman–Crippen MR) is 83.2 cm³/mol. The number of nitrogens with one attached hydrogen (secondary N) is 1. The third-order valence-electron chi connectivity index (χ3n) is 4.87. The average molecular weight is 273 g/mol. The fraction of sp³-hybridized carbons (Fsp3) is 0.667. The maximum absolute atomic E-state index is 6.12. The molecule has 0 saturated carbocycles. The van der Waals surface area contributed by atoms with Crippen LogP contribution in [0.4, 0.5) is 0 Å². The summed E-state index contributed by atoms with van der Waals surface area (Å²) in [5.41, 5.74) is 3.12. The molecule has 1 heterocycles. The first kappa shape index (κ1) is 14.1. The van der Waals surface area contributed by atoms with Gasteiger partial charge >= 0.3 is 0 Å². The minimum absolute atomic E-state index is 0.421. The highest BCUT2D eigenvalue weighted by atomic mass is 16.5. The lowest BCUT2D eigenvalue weighted by Crippen LogP contribution is -2.42. The van der Waals surface area contributed by atoms with Crippen LogP contribution in [-0.4, -0.2) is 24.8 Å². The summed E-state index contributed by atoms with van der Waals surface area (Å²) in [6.45, 7) is 5.55. The molecule has 0 radical (unpaired) electrons. The number of rotatable bonds is 6. The van der Waals surface area contributed by atoms with Crippen molar-refractivity contribution in [1.29, 1.82) is 0 Å². The lowest BCUT2D eigenvalue weighted by Gasteiger charge is -2.35. The highest BCUT2D eigenvalue weighted by Crippen LogP contribution is 2.39. The van der Waals surface area contributed by atoms with Crippen LogP contribution in [-0.2, 0) is 11.2 Å². The molecule has 4 unspecified atom stereocenters. The Morgan fingerprint density at radius 1 is 1.30 bits per heavy atom. The van der Waals surface area contributed by atoms with Crippen LogP contribution in [0.15, 0.2) is 24.3 Å². The summed E-state index contributed by atoms with van der Waals surface area (Å²) < 4.78 is 6.12. The van der Waals surface area contributed by atoms with Gasteiger partial charge < -0.3 is 10.1 Å². The van der Waals surface area contributed by atoms with Crippen LogP contribution < -0.4 is 5.32 Å². The van der Waals surface area contributed by atoms with E-state index in [1.54, 1.807) is 11.1 Å². The molecule has 1 saturated heterocycles. The quantitative estimate of drug-likeness (QED) is 0.854. The Hall–Kier alpha value is -0.860. The van der Waals surface area contributed by atoms with Crippen molar-refractivity contribution in [2.75, 3.05) is 6.54 Å². The van der Waals surface area contributed by atoms with Crippen molar-refractivity contribution >= 4 is 0 Å². The van der Waals surface area contributed by atoms with Crippen LogP contribution in [0.3, 0.4) is 0 Å². The Morgan fingerprint density at radius 3 is 2.85 bits per heavy atom. The minimum Gasteiger partial charge on any atom is -0.374 e. The van der Waals surface area contributed by atoms with E-state index in [0.717, 1.165) is 12.5 Å². The number of hydrogen-bond acceptors (Lipinski definition) is 2. The van der Waals surface area contributed by atoms with E-state index >= 15 is 0 Å². The molecular formula is C18H27NO. The van der Waals surface area contributed by atoms with Gasteiger partial charge in [-0.25, -0.2) is 0 Å². The summed E-state index contributed by atoms with van der Waals surface area (Å²) in [5, 5.41) is 3.74. The molecule has 110 valence electrons. The first-order chi connectivity index (χ1) is 9.78. The number of fused-ring (bicyclic) bond motifs is 1. The van der Waals surface area contributed by atoms with Gasteiger partial charge in [-0.15, -0.1) is 0 Å². The monoisotopic (exact) mass is 273 g/mol. The Balaban J connectivity index is 1.62. The fourth-order valence-electron chi connectivity index (χ4n) is 3.71. The maximum atomic E-state index is 6.12. The van der Waals surface area contributed by atoms with Crippen LogP contribution in [0, 0.1) is 0 Å².